The van der Waals surface area contributed by atoms with Gasteiger partial charge in [-0.1, -0.05) is 84.9 Å². The molecule has 0 aliphatic heterocycles. The largest absolute Gasteiger partial charge is 1.00 e. The number of halogens is 1. The number of benzene rings is 4. The monoisotopic (exact) mass is 434 g/mol. The standard InChI is InChI=1S/C29H23N2.ClH/c1-3-11-22(12-4-1)20-30-27-18-10-8-16-25(27)29-28(30)19-24-15-7-9-17-26(24)31(29)21-23-13-5-2-6-14-23;/h1-19H,20-21H2;1H/q+1;/p-1. The fourth-order valence-corrected chi connectivity index (χ4v) is 4.72. The molecule has 2 nitrogen and oxygen atoms in total. The summed E-state index contributed by atoms with van der Waals surface area (Å²) in [6.07, 6.45) is 0. The van der Waals surface area contributed by atoms with E-state index >= 15 is 0 Å². The van der Waals surface area contributed by atoms with E-state index in [2.05, 4.69) is 124 Å². The van der Waals surface area contributed by atoms with Crippen LogP contribution in [0.3, 0.4) is 0 Å². The normalized spacial score (nSPS) is 11.1. The van der Waals surface area contributed by atoms with Crippen LogP contribution in [-0.4, -0.2) is 4.57 Å². The lowest BCUT2D eigenvalue weighted by Gasteiger charge is -2.08. The van der Waals surface area contributed by atoms with Crippen molar-refractivity contribution < 1.29 is 17.0 Å². The Morgan fingerprint density at radius 2 is 1.22 bits per heavy atom. The third-order valence-corrected chi connectivity index (χ3v) is 6.14. The number of pyridine rings is 1. The molecule has 0 N–H and O–H groups in total. The molecule has 2 aromatic heterocycles. The van der Waals surface area contributed by atoms with Gasteiger partial charge in [-0.3, -0.25) is 0 Å². The molecule has 0 aliphatic rings. The topological polar surface area (TPSA) is 8.81 Å². The van der Waals surface area contributed by atoms with Gasteiger partial charge in [0.1, 0.15) is 5.52 Å². The van der Waals surface area contributed by atoms with Gasteiger partial charge in [0.25, 0.3) is 0 Å². The Morgan fingerprint density at radius 1 is 0.594 bits per heavy atom. The lowest BCUT2D eigenvalue weighted by atomic mass is 10.1. The molecular formula is C29H23ClN2. The molecule has 0 saturated heterocycles. The van der Waals surface area contributed by atoms with E-state index in [1.165, 1.54) is 44.0 Å². The Labute approximate surface area is 193 Å². The minimum atomic E-state index is 0. The predicted octanol–water partition coefficient (Wildman–Crippen LogP) is 3.34. The molecule has 6 rings (SSSR count). The highest BCUT2D eigenvalue weighted by molar-refractivity contribution is 6.06. The molecule has 0 aliphatic carbocycles. The first-order valence-corrected chi connectivity index (χ1v) is 10.8. The number of hydrogen-bond donors (Lipinski definition) is 0. The Hall–Kier alpha value is -3.62. The number of hydrogen-bond acceptors (Lipinski definition) is 0. The maximum atomic E-state index is 2.49. The molecule has 32 heavy (non-hydrogen) atoms. The van der Waals surface area contributed by atoms with E-state index in [9.17, 15) is 0 Å². The van der Waals surface area contributed by atoms with Crippen molar-refractivity contribution in [1.29, 1.82) is 0 Å². The van der Waals surface area contributed by atoms with Crippen LogP contribution in [0.4, 0.5) is 0 Å². The molecule has 4 aromatic carbocycles. The molecular weight excluding hydrogens is 412 g/mol. The Balaban J connectivity index is 0.00000216. The van der Waals surface area contributed by atoms with E-state index in [0.29, 0.717) is 0 Å². The summed E-state index contributed by atoms with van der Waals surface area (Å²) in [7, 11) is 0. The van der Waals surface area contributed by atoms with Crippen molar-refractivity contribution in [2.45, 2.75) is 13.1 Å². The van der Waals surface area contributed by atoms with Gasteiger partial charge in [0, 0.05) is 23.6 Å². The van der Waals surface area contributed by atoms with E-state index in [0.717, 1.165) is 13.1 Å². The summed E-state index contributed by atoms with van der Waals surface area (Å²) in [4.78, 5) is 0. The zero-order chi connectivity index (χ0) is 20.6. The SMILES string of the molecule is [Cl-].c1ccc(Cn2c3ccccc3c3c2cc2ccccc2[n+]3Cc2ccccc2)cc1. The van der Waals surface area contributed by atoms with Crippen molar-refractivity contribution in [2.75, 3.05) is 0 Å². The molecule has 0 unspecified atom stereocenters. The van der Waals surface area contributed by atoms with Crippen LogP contribution in [0.5, 0.6) is 0 Å². The number of fused-ring (bicyclic) bond motifs is 4. The third kappa shape index (κ3) is 3.43. The van der Waals surface area contributed by atoms with Gasteiger partial charge in [-0.15, -0.1) is 0 Å². The fraction of sp³-hybridized carbons (Fsp3) is 0.0690. The second-order valence-corrected chi connectivity index (χ2v) is 8.10. The van der Waals surface area contributed by atoms with E-state index in [-0.39, 0.29) is 12.4 Å². The zero-order valence-corrected chi connectivity index (χ0v) is 18.4. The van der Waals surface area contributed by atoms with E-state index in [1.54, 1.807) is 0 Å². The van der Waals surface area contributed by atoms with Crippen LogP contribution in [0.25, 0.3) is 32.8 Å². The first-order valence-electron chi connectivity index (χ1n) is 10.8. The summed E-state index contributed by atoms with van der Waals surface area (Å²) in [6.45, 7) is 1.70. The van der Waals surface area contributed by atoms with Crippen LogP contribution in [0.1, 0.15) is 11.1 Å². The number of rotatable bonds is 4. The fourth-order valence-electron chi connectivity index (χ4n) is 4.72. The highest BCUT2D eigenvalue weighted by Gasteiger charge is 2.23. The number of para-hydroxylation sites is 2. The second-order valence-electron chi connectivity index (χ2n) is 8.10. The molecule has 0 atom stereocenters. The smallest absolute Gasteiger partial charge is 0.239 e. The lowest BCUT2D eigenvalue weighted by molar-refractivity contribution is -0.635. The third-order valence-electron chi connectivity index (χ3n) is 6.14. The summed E-state index contributed by atoms with van der Waals surface area (Å²) >= 11 is 0. The average molecular weight is 435 g/mol. The summed E-state index contributed by atoms with van der Waals surface area (Å²) < 4.78 is 4.96. The summed E-state index contributed by atoms with van der Waals surface area (Å²) in [5.41, 5.74) is 7.74. The van der Waals surface area contributed by atoms with Gasteiger partial charge < -0.3 is 17.0 Å². The molecule has 0 spiro atoms. The molecule has 0 amide bonds. The van der Waals surface area contributed by atoms with Gasteiger partial charge in [0.2, 0.25) is 11.0 Å². The van der Waals surface area contributed by atoms with Crippen molar-refractivity contribution in [1.82, 2.24) is 4.57 Å². The minimum Gasteiger partial charge on any atom is -1.00 e. The van der Waals surface area contributed by atoms with Crippen LogP contribution in [0, 0.1) is 0 Å². The van der Waals surface area contributed by atoms with Gasteiger partial charge in [-0.2, -0.15) is 4.57 Å². The number of aromatic nitrogens is 2. The second kappa shape index (κ2) is 8.49. The van der Waals surface area contributed by atoms with Crippen LogP contribution >= 0.6 is 0 Å². The van der Waals surface area contributed by atoms with Gasteiger partial charge in [-0.25, -0.2) is 0 Å². The van der Waals surface area contributed by atoms with Gasteiger partial charge >= 0.3 is 0 Å². The molecule has 6 aromatic rings. The molecule has 2 heterocycles. The Morgan fingerprint density at radius 3 is 2.00 bits per heavy atom. The maximum Gasteiger partial charge on any atom is 0.239 e. The number of nitrogens with zero attached hydrogens (tertiary/aromatic N) is 2. The Kier molecular flexibility index (Phi) is 5.38. The van der Waals surface area contributed by atoms with Crippen LogP contribution in [0.2, 0.25) is 0 Å². The lowest BCUT2D eigenvalue weighted by Crippen LogP contribution is -3.00. The van der Waals surface area contributed by atoms with E-state index in [1.807, 2.05) is 0 Å². The van der Waals surface area contributed by atoms with Gasteiger partial charge in [-0.05, 0) is 29.8 Å². The molecule has 0 fully saturated rings. The zero-order valence-electron chi connectivity index (χ0n) is 17.7. The van der Waals surface area contributed by atoms with E-state index in [4.69, 9.17) is 0 Å². The van der Waals surface area contributed by atoms with Crippen molar-refractivity contribution >= 4 is 32.8 Å². The summed E-state index contributed by atoms with van der Waals surface area (Å²) in [5, 5.41) is 2.57. The van der Waals surface area contributed by atoms with Crippen molar-refractivity contribution in [2.24, 2.45) is 0 Å². The average Bonchev–Trinajstić information content (AvgIpc) is 3.14. The maximum absolute atomic E-state index is 2.49. The highest BCUT2D eigenvalue weighted by atomic mass is 35.5. The molecule has 0 saturated carbocycles. The van der Waals surface area contributed by atoms with Crippen LogP contribution in [0.15, 0.2) is 115 Å². The van der Waals surface area contributed by atoms with Crippen molar-refractivity contribution in [3.05, 3.63) is 126 Å². The summed E-state index contributed by atoms with van der Waals surface area (Å²) in [6, 6.07) is 41.4. The van der Waals surface area contributed by atoms with Crippen molar-refractivity contribution in [3.63, 3.8) is 0 Å². The van der Waals surface area contributed by atoms with Crippen LogP contribution < -0.4 is 17.0 Å². The first-order chi connectivity index (χ1) is 15.4. The molecule has 156 valence electrons. The predicted molar refractivity (Wildman–Crippen MR) is 128 cm³/mol. The molecule has 3 heteroatoms. The first kappa shape index (κ1) is 20.3. The van der Waals surface area contributed by atoms with Gasteiger partial charge in [0.15, 0.2) is 6.54 Å². The Bertz CT molecular complexity index is 1520. The highest BCUT2D eigenvalue weighted by Crippen LogP contribution is 2.30. The molecule has 0 radical (unpaired) electrons. The van der Waals surface area contributed by atoms with Crippen molar-refractivity contribution in [3.8, 4) is 0 Å². The summed E-state index contributed by atoms with van der Waals surface area (Å²) in [5.74, 6) is 0. The van der Waals surface area contributed by atoms with Crippen LogP contribution in [-0.2, 0) is 13.1 Å². The quantitative estimate of drug-likeness (QED) is 0.376. The molecule has 0 bridgehead atoms. The van der Waals surface area contributed by atoms with Gasteiger partial charge in [0.05, 0.1) is 10.9 Å². The minimum absolute atomic E-state index is 0. The van der Waals surface area contributed by atoms with E-state index < -0.39 is 0 Å².